The summed E-state index contributed by atoms with van der Waals surface area (Å²) in [7, 11) is 1.47. The largest absolute Gasteiger partial charge is 0.494 e. The van der Waals surface area contributed by atoms with Crippen molar-refractivity contribution in [1.29, 1.82) is 0 Å². The van der Waals surface area contributed by atoms with Gasteiger partial charge in [0, 0.05) is 30.8 Å². The van der Waals surface area contributed by atoms with E-state index in [0.717, 1.165) is 31.9 Å². The molecule has 1 aromatic rings. The molecule has 0 radical (unpaired) electrons. The van der Waals surface area contributed by atoms with E-state index in [0.29, 0.717) is 5.92 Å². The summed E-state index contributed by atoms with van der Waals surface area (Å²) in [5.41, 5.74) is 0.880. The maximum absolute atomic E-state index is 13.1. The van der Waals surface area contributed by atoms with Crippen LogP contribution in [0, 0.1) is 11.7 Å². The third-order valence-electron chi connectivity index (χ3n) is 2.77. The zero-order valence-electron chi connectivity index (χ0n) is 9.33. The fraction of sp³-hybridized carbons (Fsp3) is 0.500. The Morgan fingerprint density at radius 1 is 1.56 bits per heavy atom. The van der Waals surface area contributed by atoms with Gasteiger partial charge in [0.05, 0.1) is 13.7 Å². The van der Waals surface area contributed by atoms with Gasteiger partial charge in [-0.25, -0.2) is 4.39 Å². The van der Waals surface area contributed by atoms with E-state index >= 15 is 0 Å². The summed E-state index contributed by atoms with van der Waals surface area (Å²) in [5, 5.41) is 3.26. The first-order valence-electron chi connectivity index (χ1n) is 5.45. The number of ether oxygens (including phenoxy) is 2. The maximum atomic E-state index is 13.1. The predicted octanol–water partition coefficient (Wildman–Crippen LogP) is 2.28. The van der Waals surface area contributed by atoms with Crippen LogP contribution in [0.2, 0.25) is 0 Å². The molecule has 2 rings (SSSR count). The summed E-state index contributed by atoms with van der Waals surface area (Å²) in [4.78, 5) is 0. The minimum Gasteiger partial charge on any atom is -0.494 e. The Morgan fingerprint density at radius 2 is 2.44 bits per heavy atom. The van der Waals surface area contributed by atoms with E-state index in [1.54, 1.807) is 12.1 Å². The average Bonchev–Trinajstić information content (AvgIpc) is 2.81. The van der Waals surface area contributed by atoms with Gasteiger partial charge in [-0.15, -0.1) is 0 Å². The van der Waals surface area contributed by atoms with Crippen molar-refractivity contribution in [2.24, 2.45) is 5.92 Å². The Hall–Kier alpha value is -1.29. The van der Waals surface area contributed by atoms with E-state index in [4.69, 9.17) is 9.47 Å². The first-order chi connectivity index (χ1) is 7.79. The van der Waals surface area contributed by atoms with E-state index in [1.165, 1.54) is 13.2 Å². The lowest BCUT2D eigenvalue weighted by Gasteiger charge is -2.11. The van der Waals surface area contributed by atoms with Crippen molar-refractivity contribution in [3.63, 3.8) is 0 Å². The summed E-state index contributed by atoms with van der Waals surface area (Å²) in [5.74, 6) is 0.487. The topological polar surface area (TPSA) is 30.5 Å². The molecule has 0 spiro atoms. The number of anilines is 1. The molecule has 1 saturated heterocycles. The highest BCUT2D eigenvalue weighted by molar-refractivity contribution is 5.48. The van der Waals surface area contributed by atoms with E-state index in [1.807, 2.05) is 0 Å². The molecule has 0 bridgehead atoms. The zero-order chi connectivity index (χ0) is 11.4. The van der Waals surface area contributed by atoms with E-state index < -0.39 is 0 Å². The highest BCUT2D eigenvalue weighted by atomic mass is 19.1. The molecule has 1 atom stereocenters. The molecule has 1 aliphatic heterocycles. The van der Waals surface area contributed by atoms with Crippen molar-refractivity contribution >= 4 is 5.69 Å². The van der Waals surface area contributed by atoms with Gasteiger partial charge in [-0.05, 0) is 18.6 Å². The minimum absolute atomic E-state index is 0.271. The van der Waals surface area contributed by atoms with Crippen LogP contribution in [0.4, 0.5) is 10.1 Å². The molecule has 1 aliphatic rings. The van der Waals surface area contributed by atoms with Crippen LogP contribution in [-0.2, 0) is 4.74 Å². The first-order valence-corrected chi connectivity index (χ1v) is 5.45. The second kappa shape index (κ2) is 5.16. The van der Waals surface area contributed by atoms with Gasteiger partial charge in [0.2, 0.25) is 0 Å². The lowest BCUT2D eigenvalue weighted by molar-refractivity contribution is 0.187. The molecular weight excluding hydrogens is 209 g/mol. The van der Waals surface area contributed by atoms with Gasteiger partial charge in [0.25, 0.3) is 0 Å². The van der Waals surface area contributed by atoms with E-state index in [2.05, 4.69) is 5.32 Å². The lowest BCUT2D eigenvalue weighted by atomic mass is 10.1. The van der Waals surface area contributed by atoms with Gasteiger partial charge in [0.15, 0.2) is 11.6 Å². The van der Waals surface area contributed by atoms with Gasteiger partial charge in [-0.1, -0.05) is 0 Å². The number of hydrogen-bond acceptors (Lipinski definition) is 3. The predicted molar refractivity (Wildman–Crippen MR) is 60.4 cm³/mol. The summed E-state index contributed by atoms with van der Waals surface area (Å²) in [6.45, 7) is 2.51. The van der Waals surface area contributed by atoms with Crippen molar-refractivity contribution in [2.75, 3.05) is 32.2 Å². The molecule has 0 aromatic heterocycles. The van der Waals surface area contributed by atoms with Crippen molar-refractivity contribution in [2.45, 2.75) is 6.42 Å². The van der Waals surface area contributed by atoms with Crippen molar-refractivity contribution in [3.8, 4) is 5.75 Å². The summed E-state index contributed by atoms with van der Waals surface area (Å²) in [6.07, 6.45) is 1.09. The van der Waals surface area contributed by atoms with Crippen molar-refractivity contribution in [1.82, 2.24) is 0 Å². The second-order valence-corrected chi connectivity index (χ2v) is 3.96. The molecule has 0 aliphatic carbocycles. The third-order valence-corrected chi connectivity index (χ3v) is 2.77. The van der Waals surface area contributed by atoms with Gasteiger partial charge in [0.1, 0.15) is 0 Å². The van der Waals surface area contributed by atoms with Crippen LogP contribution < -0.4 is 10.1 Å². The zero-order valence-corrected chi connectivity index (χ0v) is 9.33. The van der Waals surface area contributed by atoms with Crippen LogP contribution in [0.25, 0.3) is 0 Å². The molecule has 1 heterocycles. The number of halogens is 1. The van der Waals surface area contributed by atoms with Crippen LogP contribution >= 0.6 is 0 Å². The lowest BCUT2D eigenvalue weighted by Crippen LogP contribution is -2.14. The molecule has 1 unspecified atom stereocenters. The molecule has 1 fully saturated rings. The quantitative estimate of drug-likeness (QED) is 0.852. The Balaban J connectivity index is 1.93. The normalized spacial score (nSPS) is 19.8. The van der Waals surface area contributed by atoms with E-state index in [-0.39, 0.29) is 11.6 Å². The molecular formula is C12H16FNO2. The first kappa shape index (κ1) is 11.2. The number of nitrogens with one attached hydrogen (secondary N) is 1. The Bertz CT molecular complexity index is 351. The summed E-state index contributed by atoms with van der Waals surface area (Å²) < 4.78 is 23.3. The van der Waals surface area contributed by atoms with Gasteiger partial charge in [-0.3, -0.25) is 0 Å². The maximum Gasteiger partial charge on any atom is 0.165 e. The van der Waals surface area contributed by atoms with Crippen molar-refractivity contribution < 1.29 is 13.9 Å². The Kier molecular flexibility index (Phi) is 3.62. The van der Waals surface area contributed by atoms with Gasteiger partial charge < -0.3 is 14.8 Å². The third kappa shape index (κ3) is 2.64. The number of rotatable bonds is 4. The molecule has 4 heteroatoms. The van der Waals surface area contributed by atoms with Crippen LogP contribution in [0.5, 0.6) is 5.75 Å². The van der Waals surface area contributed by atoms with Crippen LogP contribution in [-0.4, -0.2) is 26.9 Å². The minimum atomic E-state index is -0.336. The molecule has 0 saturated carbocycles. The second-order valence-electron chi connectivity index (χ2n) is 3.96. The number of methoxy groups -OCH3 is 1. The SMILES string of the molecule is COc1cc(NCC2CCOC2)ccc1F. The van der Waals surface area contributed by atoms with Gasteiger partial charge >= 0.3 is 0 Å². The van der Waals surface area contributed by atoms with Crippen LogP contribution in [0.15, 0.2) is 18.2 Å². The number of hydrogen-bond donors (Lipinski definition) is 1. The average molecular weight is 225 g/mol. The number of benzene rings is 1. The summed E-state index contributed by atoms with van der Waals surface area (Å²) >= 11 is 0. The monoisotopic (exact) mass is 225 g/mol. The van der Waals surface area contributed by atoms with E-state index in [9.17, 15) is 4.39 Å². The van der Waals surface area contributed by atoms with Crippen molar-refractivity contribution in [3.05, 3.63) is 24.0 Å². The molecule has 3 nitrogen and oxygen atoms in total. The smallest absolute Gasteiger partial charge is 0.165 e. The standard InChI is InChI=1S/C12H16FNO2/c1-15-12-6-10(2-3-11(12)13)14-7-9-4-5-16-8-9/h2-3,6,9,14H,4-5,7-8H2,1H3. The Morgan fingerprint density at radius 3 is 3.12 bits per heavy atom. The fourth-order valence-electron chi connectivity index (χ4n) is 1.78. The van der Waals surface area contributed by atoms with Crippen LogP contribution in [0.3, 0.4) is 0 Å². The molecule has 1 N–H and O–H groups in total. The molecule has 1 aromatic carbocycles. The molecule has 16 heavy (non-hydrogen) atoms. The fourth-order valence-corrected chi connectivity index (χ4v) is 1.78. The Labute approximate surface area is 94.6 Å². The van der Waals surface area contributed by atoms with Crippen LogP contribution in [0.1, 0.15) is 6.42 Å². The van der Waals surface area contributed by atoms with Gasteiger partial charge in [-0.2, -0.15) is 0 Å². The highest BCUT2D eigenvalue weighted by Crippen LogP contribution is 2.22. The molecule has 88 valence electrons. The highest BCUT2D eigenvalue weighted by Gasteiger charge is 2.15. The molecule has 0 amide bonds. The summed E-state index contributed by atoms with van der Waals surface area (Å²) in [6, 6.07) is 4.80.